The van der Waals surface area contributed by atoms with Gasteiger partial charge in [0.05, 0.1) is 12.4 Å². The summed E-state index contributed by atoms with van der Waals surface area (Å²) < 4.78 is 34.8. The van der Waals surface area contributed by atoms with Gasteiger partial charge >= 0.3 is 18.9 Å². The number of benzene rings is 1. The Morgan fingerprint density at radius 3 is 2.65 bits per heavy atom. The Balaban J connectivity index is 0. The Kier molecular flexibility index (Phi) is 7.24. The van der Waals surface area contributed by atoms with Gasteiger partial charge in [-0.2, -0.15) is 8.42 Å². The van der Waals surface area contributed by atoms with Gasteiger partial charge in [-0.15, -0.1) is 0 Å². The molecule has 0 unspecified atom stereocenters. The maximum atomic E-state index is 10.4. The molecule has 1 aromatic rings. The van der Waals surface area contributed by atoms with Gasteiger partial charge in [0.1, 0.15) is 5.75 Å². The zero-order chi connectivity index (χ0) is 12.0. The SMILES string of the molecule is C=Cc1ccccc1OCCCS(=O)(=O)O.[H-].[Li+]. The van der Waals surface area contributed by atoms with Crippen molar-refractivity contribution in [3.63, 3.8) is 0 Å². The standard InChI is InChI=1S/C11H14O4S.Li.H/c1-2-10-6-3-4-7-11(10)15-8-5-9-16(12,13)14;;/h2-4,6-7H,1,5,8-9H2,(H,12,13,14);;/q;+1;-1. The molecule has 1 aromatic carbocycles. The van der Waals surface area contributed by atoms with Crippen molar-refractivity contribution in [1.29, 1.82) is 0 Å². The molecule has 0 radical (unpaired) electrons. The van der Waals surface area contributed by atoms with Crippen molar-refractivity contribution in [1.82, 2.24) is 0 Å². The van der Waals surface area contributed by atoms with Gasteiger partial charge in [0.2, 0.25) is 0 Å². The average molecular weight is 250 g/mol. The number of ether oxygens (including phenoxy) is 1. The Labute approximate surface area is 115 Å². The zero-order valence-corrected chi connectivity index (χ0v) is 10.6. The van der Waals surface area contributed by atoms with Gasteiger partial charge in [-0.05, 0) is 12.5 Å². The zero-order valence-electron chi connectivity index (χ0n) is 10.8. The first kappa shape index (κ1) is 16.3. The van der Waals surface area contributed by atoms with Crippen LogP contribution in [0.3, 0.4) is 0 Å². The van der Waals surface area contributed by atoms with Crippen molar-refractivity contribution in [2.75, 3.05) is 12.4 Å². The van der Waals surface area contributed by atoms with Crippen molar-refractivity contribution in [2.24, 2.45) is 0 Å². The molecular formula is C11H15LiO4S. The number of para-hydroxylation sites is 1. The smallest absolute Gasteiger partial charge is 1.00 e. The van der Waals surface area contributed by atoms with E-state index in [4.69, 9.17) is 9.29 Å². The van der Waals surface area contributed by atoms with Gasteiger partial charge in [-0.1, -0.05) is 30.9 Å². The van der Waals surface area contributed by atoms with Crippen LogP contribution in [0.2, 0.25) is 0 Å². The van der Waals surface area contributed by atoms with E-state index >= 15 is 0 Å². The fraction of sp³-hybridized carbons (Fsp3) is 0.273. The molecule has 0 saturated heterocycles. The summed E-state index contributed by atoms with van der Waals surface area (Å²) in [6, 6.07) is 7.32. The first-order valence-corrected chi connectivity index (χ1v) is 6.43. The molecule has 0 heterocycles. The molecule has 1 rings (SSSR count). The Bertz CT molecular complexity index is 462. The Hall–Kier alpha value is -0.733. The van der Waals surface area contributed by atoms with Gasteiger partial charge in [-0.3, -0.25) is 4.55 Å². The molecular weight excluding hydrogens is 235 g/mol. The summed E-state index contributed by atoms with van der Waals surface area (Å²) in [7, 11) is -3.89. The molecule has 0 aliphatic heterocycles. The number of hydrogen-bond donors (Lipinski definition) is 1. The van der Waals surface area contributed by atoms with Gasteiger partial charge in [-0.25, -0.2) is 0 Å². The van der Waals surface area contributed by atoms with E-state index in [0.717, 1.165) is 5.56 Å². The van der Waals surface area contributed by atoms with Crippen molar-refractivity contribution in [3.05, 3.63) is 36.4 Å². The third kappa shape index (κ3) is 6.54. The third-order valence-corrected chi connectivity index (χ3v) is 2.75. The van der Waals surface area contributed by atoms with Crippen LogP contribution in [0.4, 0.5) is 0 Å². The molecule has 0 fully saturated rings. The predicted octanol–water partition coefficient (Wildman–Crippen LogP) is -0.897. The molecule has 0 amide bonds. The van der Waals surface area contributed by atoms with Gasteiger partial charge in [0, 0.05) is 5.56 Å². The van der Waals surface area contributed by atoms with E-state index in [1.54, 1.807) is 12.1 Å². The van der Waals surface area contributed by atoms with E-state index in [0.29, 0.717) is 5.75 Å². The van der Waals surface area contributed by atoms with Crippen LogP contribution in [0.25, 0.3) is 6.08 Å². The Morgan fingerprint density at radius 1 is 1.41 bits per heavy atom. The molecule has 17 heavy (non-hydrogen) atoms. The molecule has 1 N–H and O–H groups in total. The van der Waals surface area contributed by atoms with Gasteiger partial charge in [0.15, 0.2) is 0 Å². The molecule has 0 aromatic heterocycles. The fourth-order valence-electron chi connectivity index (χ4n) is 1.20. The predicted molar refractivity (Wildman–Crippen MR) is 64.2 cm³/mol. The fourth-order valence-corrected chi connectivity index (χ4v) is 1.69. The van der Waals surface area contributed by atoms with E-state index < -0.39 is 10.1 Å². The molecule has 0 aliphatic rings. The second kappa shape index (κ2) is 7.57. The monoisotopic (exact) mass is 250 g/mol. The second-order valence-electron chi connectivity index (χ2n) is 3.23. The number of hydrogen-bond acceptors (Lipinski definition) is 3. The summed E-state index contributed by atoms with van der Waals surface area (Å²) >= 11 is 0. The van der Waals surface area contributed by atoms with Crippen LogP contribution in [0.15, 0.2) is 30.8 Å². The molecule has 90 valence electrons. The summed E-state index contributed by atoms with van der Waals surface area (Å²) in [6.45, 7) is 3.88. The van der Waals surface area contributed by atoms with Crippen LogP contribution in [-0.2, 0) is 10.1 Å². The van der Waals surface area contributed by atoms with Crippen LogP contribution >= 0.6 is 0 Å². The molecule has 0 spiro atoms. The van der Waals surface area contributed by atoms with E-state index in [9.17, 15) is 8.42 Å². The Morgan fingerprint density at radius 2 is 2.06 bits per heavy atom. The quantitative estimate of drug-likeness (QED) is 0.404. The maximum Gasteiger partial charge on any atom is 1.00 e. The largest absolute Gasteiger partial charge is 1.00 e. The van der Waals surface area contributed by atoms with Crippen molar-refractivity contribution >= 4 is 16.2 Å². The molecule has 0 saturated carbocycles. The van der Waals surface area contributed by atoms with Gasteiger partial charge < -0.3 is 6.16 Å². The second-order valence-corrected chi connectivity index (χ2v) is 4.80. The molecule has 4 nitrogen and oxygen atoms in total. The van der Waals surface area contributed by atoms with Crippen LogP contribution in [-0.4, -0.2) is 25.3 Å². The molecule has 6 heteroatoms. The van der Waals surface area contributed by atoms with Crippen LogP contribution < -0.4 is 23.6 Å². The summed E-state index contributed by atoms with van der Waals surface area (Å²) in [4.78, 5) is 0. The van der Waals surface area contributed by atoms with Crippen molar-refractivity contribution < 1.29 is 38.0 Å². The third-order valence-electron chi connectivity index (χ3n) is 1.94. The topological polar surface area (TPSA) is 63.6 Å². The average Bonchev–Trinajstić information content (AvgIpc) is 2.23. The summed E-state index contributed by atoms with van der Waals surface area (Å²) in [5, 5.41) is 0. The van der Waals surface area contributed by atoms with Crippen molar-refractivity contribution in [2.45, 2.75) is 6.42 Å². The van der Waals surface area contributed by atoms with Crippen LogP contribution in [0.5, 0.6) is 5.75 Å². The summed E-state index contributed by atoms with van der Waals surface area (Å²) in [5.74, 6) is 0.372. The minimum Gasteiger partial charge on any atom is -1.00 e. The van der Waals surface area contributed by atoms with E-state index in [1.807, 2.05) is 18.2 Å². The molecule has 0 aliphatic carbocycles. The van der Waals surface area contributed by atoms with E-state index in [2.05, 4.69) is 6.58 Å². The summed E-state index contributed by atoms with van der Waals surface area (Å²) in [6.07, 6.45) is 1.92. The minimum absolute atomic E-state index is 0. The normalized spacial score (nSPS) is 10.4. The molecule has 0 bridgehead atoms. The first-order chi connectivity index (χ1) is 7.53. The van der Waals surface area contributed by atoms with Gasteiger partial charge in [0.25, 0.3) is 10.1 Å². The van der Waals surface area contributed by atoms with Crippen LogP contribution in [0, 0.1) is 0 Å². The summed E-state index contributed by atoms with van der Waals surface area (Å²) in [5.41, 5.74) is 0.856. The maximum absolute atomic E-state index is 10.4. The van der Waals surface area contributed by atoms with Crippen molar-refractivity contribution in [3.8, 4) is 5.75 Å². The first-order valence-electron chi connectivity index (χ1n) is 4.82. The van der Waals surface area contributed by atoms with E-state index in [1.165, 1.54) is 0 Å². The minimum atomic E-state index is -3.89. The van der Waals surface area contributed by atoms with Crippen LogP contribution in [0.1, 0.15) is 13.4 Å². The number of rotatable bonds is 6. The molecule has 0 atom stereocenters. The van der Waals surface area contributed by atoms with E-state index in [-0.39, 0.29) is 39.1 Å².